The molecule has 3 unspecified atom stereocenters. The van der Waals surface area contributed by atoms with E-state index in [4.69, 9.17) is 16.3 Å². The molecule has 12 heteroatoms. The Morgan fingerprint density at radius 2 is 1.68 bits per heavy atom. The summed E-state index contributed by atoms with van der Waals surface area (Å²) in [5.41, 5.74) is -0.970. The second-order valence-corrected chi connectivity index (χ2v) is 9.79. The monoisotopic (exact) mass is 573 g/mol. The summed E-state index contributed by atoms with van der Waals surface area (Å²) in [7, 11) is 0. The van der Waals surface area contributed by atoms with Crippen molar-refractivity contribution < 1.29 is 45.0 Å². The molecule has 3 rings (SSSR count). The third kappa shape index (κ3) is 7.30. The van der Waals surface area contributed by atoms with Gasteiger partial charge in [0.2, 0.25) is 0 Å². The summed E-state index contributed by atoms with van der Waals surface area (Å²) in [6, 6.07) is 8.30. The van der Waals surface area contributed by atoms with E-state index >= 15 is 0 Å². The molecule has 1 saturated carbocycles. The lowest BCUT2D eigenvalue weighted by atomic mass is 9.90. The van der Waals surface area contributed by atoms with Crippen LogP contribution in [0.5, 0.6) is 5.75 Å². The lowest BCUT2D eigenvalue weighted by Crippen LogP contribution is -2.48. The largest absolute Gasteiger partial charge is 0.490 e. The smallest absolute Gasteiger partial charge is 0.458 e. The summed E-state index contributed by atoms with van der Waals surface area (Å²) in [5, 5.41) is 10.3. The van der Waals surface area contributed by atoms with Crippen molar-refractivity contribution in [3.8, 4) is 5.75 Å². The van der Waals surface area contributed by atoms with E-state index in [0.29, 0.717) is 42.5 Å². The van der Waals surface area contributed by atoms with Gasteiger partial charge >= 0.3 is 18.3 Å². The first kappa shape index (κ1) is 30.4. The number of ether oxygens (including phenoxy) is 1. The first-order valence-electron chi connectivity index (χ1n) is 12.1. The maximum atomic E-state index is 14.3. The van der Waals surface area contributed by atoms with Gasteiger partial charge in [-0.3, -0.25) is 4.90 Å². The standard InChI is InChI=1S/C26H28ClF8NO2/c1-2-16-12-20(10-11-22(16)27)38-19-8-5-7-18(13-19)36(15-23(37)25(30,31)32)14-17-6-3-4-9-21(17)24(28,29)26(33,34)35/h3-4,6,9-12,18-19,23,37H,2,5,7-8,13-15H2,1H3. The number of rotatable bonds is 9. The minimum absolute atomic E-state index is 0.187. The molecule has 0 heterocycles. The molecule has 2 aromatic rings. The molecule has 0 bridgehead atoms. The molecule has 2 aromatic carbocycles. The molecule has 1 aliphatic carbocycles. The van der Waals surface area contributed by atoms with E-state index in [2.05, 4.69) is 0 Å². The fourth-order valence-electron chi connectivity index (χ4n) is 4.65. The lowest BCUT2D eigenvalue weighted by molar-refractivity contribution is -0.289. The number of alkyl halides is 8. The van der Waals surface area contributed by atoms with E-state index in [1.807, 2.05) is 6.92 Å². The second-order valence-electron chi connectivity index (χ2n) is 9.38. The molecular weight excluding hydrogens is 546 g/mol. The third-order valence-electron chi connectivity index (χ3n) is 6.69. The van der Waals surface area contributed by atoms with Crippen molar-refractivity contribution >= 4 is 11.6 Å². The molecule has 0 amide bonds. The number of aliphatic hydroxyl groups is 1. The van der Waals surface area contributed by atoms with Crippen molar-refractivity contribution in [1.82, 2.24) is 4.90 Å². The van der Waals surface area contributed by atoms with E-state index < -0.39 is 60.7 Å². The van der Waals surface area contributed by atoms with Gasteiger partial charge in [0.05, 0.1) is 0 Å². The van der Waals surface area contributed by atoms with E-state index in [1.165, 1.54) is 6.07 Å². The van der Waals surface area contributed by atoms with Gasteiger partial charge in [-0.15, -0.1) is 0 Å². The average Bonchev–Trinajstić information content (AvgIpc) is 2.84. The molecule has 1 N–H and O–H groups in total. The Kier molecular flexibility index (Phi) is 9.58. The Morgan fingerprint density at radius 1 is 1.00 bits per heavy atom. The zero-order valence-electron chi connectivity index (χ0n) is 20.4. The number of halogens is 9. The predicted molar refractivity (Wildman–Crippen MR) is 126 cm³/mol. The molecule has 0 spiro atoms. The minimum Gasteiger partial charge on any atom is -0.490 e. The van der Waals surface area contributed by atoms with Gasteiger partial charge in [-0.05, 0) is 61.4 Å². The molecular formula is C26H28ClF8NO2. The van der Waals surface area contributed by atoms with Crippen LogP contribution in [0.2, 0.25) is 5.02 Å². The van der Waals surface area contributed by atoms with Gasteiger partial charge in [-0.25, -0.2) is 0 Å². The highest BCUT2D eigenvalue weighted by atomic mass is 35.5. The molecule has 3 atom stereocenters. The normalized spacial score (nSPS) is 20.0. The first-order valence-corrected chi connectivity index (χ1v) is 12.5. The summed E-state index contributed by atoms with van der Waals surface area (Å²) in [4.78, 5) is 1.12. The van der Waals surface area contributed by atoms with Crippen LogP contribution in [0, 0.1) is 0 Å². The summed E-state index contributed by atoms with van der Waals surface area (Å²) >= 11 is 6.14. The van der Waals surface area contributed by atoms with Crippen molar-refractivity contribution in [1.29, 1.82) is 0 Å². The Labute approximate surface area is 220 Å². The van der Waals surface area contributed by atoms with Crippen LogP contribution in [-0.4, -0.2) is 47.2 Å². The fraction of sp³-hybridized carbons (Fsp3) is 0.538. The lowest BCUT2D eigenvalue weighted by Gasteiger charge is -2.39. The van der Waals surface area contributed by atoms with Crippen molar-refractivity contribution in [2.75, 3.05) is 6.54 Å². The maximum Gasteiger partial charge on any atom is 0.458 e. The SMILES string of the molecule is CCc1cc(OC2CCCC(N(Cc3ccccc3C(F)(F)C(F)(F)F)CC(O)C(F)(F)F)C2)ccc1Cl. The Morgan fingerprint density at radius 3 is 2.32 bits per heavy atom. The summed E-state index contributed by atoms with van der Waals surface area (Å²) in [6.45, 7) is 0.270. The quantitative estimate of drug-likeness (QED) is 0.313. The van der Waals surface area contributed by atoms with E-state index in [0.717, 1.165) is 22.6 Å². The molecule has 3 nitrogen and oxygen atoms in total. The molecule has 212 valence electrons. The van der Waals surface area contributed by atoms with Crippen LogP contribution < -0.4 is 4.74 Å². The van der Waals surface area contributed by atoms with Crippen molar-refractivity contribution in [2.24, 2.45) is 0 Å². The zero-order chi connectivity index (χ0) is 28.3. The summed E-state index contributed by atoms with van der Waals surface area (Å²) in [5.74, 6) is -4.70. The summed E-state index contributed by atoms with van der Waals surface area (Å²) in [6.07, 6.45) is -11.9. The Balaban J connectivity index is 1.87. The van der Waals surface area contributed by atoms with E-state index in [1.54, 1.807) is 18.2 Å². The molecule has 1 fully saturated rings. The van der Waals surface area contributed by atoms with Crippen molar-refractivity contribution in [3.63, 3.8) is 0 Å². The van der Waals surface area contributed by atoms with Crippen LogP contribution in [-0.2, 0) is 18.9 Å². The van der Waals surface area contributed by atoms with E-state index in [9.17, 15) is 40.2 Å². The maximum absolute atomic E-state index is 14.3. The average molecular weight is 574 g/mol. The van der Waals surface area contributed by atoms with Gasteiger partial charge in [0, 0.05) is 29.7 Å². The van der Waals surface area contributed by atoms with Crippen LogP contribution in [0.15, 0.2) is 42.5 Å². The number of benzene rings is 2. The van der Waals surface area contributed by atoms with Gasteiger partial charge in [-0.2, -0.15) is 35.1 Å². The number of hydrogen-bond acceptors (Lipinski definition) is 3. The second kappa shape index (κ2) is 12.0. The van der Waals surface area contributed by atoms with Crippen molar-refractivity contribution in [3.05, 3.63) is 64.2 Å². The highest BCUT2D eigenvalue weighted by molar-refractivity contribution is 6.31. The number of aryl methyl sites for hydroxylation is 1. The van der Waals surface area contributed by atoms with Gasteiger partial charge in [0.25, 0.3) is 0 Å². The first-order chi connectivity index (χ1) is 17.6. The zero-order valence-corrected chi connectivity index (χ0v) is 21.2. The Bertz CT molecular complexity index is 1080. The van der Waals surface area contributed by atoms with Crippen LogP contribution in [0.1, 0.15) is 49.3 Å². The molecule has 0 aliphatic heterocycles. The fourth-order valence-corrected chi connectivity index (χ4v) is 4.90. The highest BCUT2D eigenvalue weighted by Gasteiger charge is 2.59. The number of hydrogen-bond donors (Lipinski definition) is 1. The minimum atomic E-state index is -5.89. The summed E-state index contributed by atoms with van der Waals surface area (Å²) < 4.78 is 114. The topological polar surface area (TPSA) is 32.7 Å². The molecule has 0 saturated heterocycles. The number of aliphatic hydroxyl groups excluding tert-OH is 1. The highest BCUT2D eigenvalue weighted by Crippen LogP contribution is 2.45. The van der Waals surface area contributed by atoms with Crippen LogP contribution in [0.25, 0.3) is 0 Å². The predicted octanol–water partition coefficient (Wildman–Crippen LogP) is 7.67. The molecule has 1 aliphatic rings. The van der Waals surface area contributed by atoms with Gasteiger partial charge in [0.1, 0.15) is 11.9 Å². The van der Waals surface area contributed by atoms with E-state index in [-0.39, 0.29) is 6.42 Å². The van der Waals surface area contributed by atoms with Crippen LogP contribution >= 0.6 is 11.6 Å². The number of nitrogens with zero attached hydrogens (tertiary/aromatic N) is 1. The van der Waals surface area contributed by atoms with Gasteiger partial charge < -0.3 is 9.84 Å². The molecule has 0 radical (unpaired) electrons. The van der Waals surface area contributed by atoms with Gasteiger partial charge in [0.15, 0.2) is 6.10 Å². The van der Waals surface area contributed by atoms with Crippen LogP contribution in [0.4, 0.5) is 35.1 Å². The molecule has 0 aromatic heterocycles. The molecule has 38 heavy (non-hydrogen) atoms. The van der Waals surface area contributed by atoms with Gasteiger partial charge in [-0.1, -0.05) is 42.8 Å². The third-order valence-corrected chi connectivity index (χ3v) is 7.05. The van der Waals surface area contributed by atoms with Crippen molar-refractivity contribution in [2.45, 2.75) is 82.1 Å². The van der Waals surface area contributed by atoms with Crippen LogP contribution in [0.3, 0.4) is 0 Å². The Hall–Kier alpha value is -2.11.